The average Bonchev–Trinajstić information content (AvgIpc) is 2.61. The van der Waals surface area contributed by atoms with Gasteiger partial charge < -0.3 is 9.47 Å². The topological polar surface area (TPSA) is 59.9 Å². The second-order valence-electron chi connectivity index (χ2n) is 5.63. The molecule has 138 valence electrons. The molecule has 0 unspecified atom stereocenters. The third-order valence-corrected chi connectivity index (χ3v) is 4.35. The Balaban J connectivity index is 2.14. The lowest BCUT2D eigenvalue weighted by Gasteiger charge is -2.14. The standard InChI is InChI=1S/C20H23IN2O3/c1-4-10-26-19-17(21)11-15(12-18(19)25-5-2)13-22-23-20(24)16-9-7-6-8-14(16)3/h6-9,11-13H,4-5,10H2,1-3H3,(H,23,24)/b22-13-. The van der Waals surface area contributed by atoms with Gasteiger partial charge in [-0.2, -0.15) is 5.10 Å². The van der Waals surface area contributed by atoms with Gasteiger partial charge in [-0.05, 0) is 72.2 Å². The van der Waals surface area contributed by atoms with E-state index in [1.54, 1.807) is 12.3 Å². The number of carbonyl (C=O) groups excluding carboxylic acids is 1. The highest BCUT2D eigenvalue weighted by Crippen LogP contribution is 2.34. The first-order valence-electron chi connectivity index (χ1n) is 8.55. The summed E-state index contributed by atoms with van der Waals surface area (Å²) in [4.78, 5) is 12.2. The Morgan fingerprint density at radius 2 is 2.00 bits per heavy atom. The molecule has 0 heterocycles. The summed E-state index contributed by atoms with van der Waals surface area (Å²) in [6.45, 7) is 7.06. The molecular formula is C20H23IN2O3. The molecule has 0 bridgehead atoms. The lowest BCUT2D eigenvalue weighted by molar-refractivity contribution is 0.0954. The van der Waals surface area contributed by atoms with Crippen molar-refractivity contribution in [1.82, 2.24) is 5.43 Å². The Labute approximate surface area is 167 Å². The number of halogens is 1. The maximum absolute atomic E-state index is 12.2. The number of nitrogens with zero attached hydrogens (tertiary/aromatic N) is 1. The summed E-state index contributed by atoms with van der Waals surface area (Å²) in [6, 6.07) is 11.2. The maximum atomic E-state index is 12.2. The van der Waals surface area contributed by atoms with Crippen molar-refractivity contribution in [2.75, 3.05) is 13.2 Å². The third kappa shape index (κ3) is 5.45. The summed E-state index contributed by atoms with van der Waals surface area (Å²) >= 11 is 2.22. The van der Waals surface area contributed by atoms with Crippen LogP contribution in [0.15, 0.2) is 41.5 Å². The van der Waals surface area contributed by atoms with E-state index in [1.807, 2.05) is 44.2 Å². The summed E-state index contributed by atoms with van der Waals surface area (Å²) in [7, 11) is 0. The molecule has 0 saturated carbocycles. The van der Waals surface area contributed by atoms with E-state index in [-0.39, 0.29) is 5.91 Å². The van der Waals surface area contributed by atoms with Crippen LogP contribution in [-0.4, -0.2) is 25.3 Å². The number of hydrogen-bond donors (Lipinski definition) is 1. The zero-order chi connectivity index (χ0) is 18.9. The Kier molecular flexibility index (Phi) is 7.90. The van der Waals surface area contributed by atoms with Crippen molar-refractivity contribution in [3.05, 3.63) is 56.7 Å². The number of aryl methyl sites for hydroxylation is 1. The van der Waals surface area contributed by atoms with E-state index >= 15 is 0 Å². The Morgan fingerprint density at radius 1 is 1.23 bits per heavy atom. The molecule has 0 fully saturated rings. The van der Waals surface area contributed by atoms with E-state index < -0.39 is 0 Å². The fraction of sp³-hybridized carbons (Fsp3) is 0.300. The second-order valence-corrected chi connectivity index (χ2v) is 6.79. The van der Waals surface area contributed by atoms with Gasteiger partial charge in [0, 0.05) is 5.56 Å². The van der Waals surface area contributed by atoms with Crippen molar-refractivity contribution in [2.24, 2.45) is 5.10 Å². The van der Waals surface area contributed by atoms with Gasteiger partial charge in [-0.15, -0.1) is 0 Å². The van der Waals surface area contributed by atoms with Gasteiger partial charge in [0.1, 0.15) is 0 Å². The first kappa shape index (κ1) is 20.2. The molecule has 0 spiro atoms. The highest BCUT2D eigenvalue weighted by molar-refractivity contribution is 14.1. The van der Waals surface area contributed by atoms with E-state index in [9.17, 15) is 4.79 Å². The lowest BCUT2D eigenvalue weighted by Crippen LogP contribution is -2.18. The van der Waals surface area contributed by atoms with E-state index in [0.29, 0.717) is 24.5 Å². The maximum Gasteiger partial charge on any atom is 0.271 e. The first-order chi connectivity index (χ1) is 12.6. The molecular weight excluding hydrogens is 443 g/mol. The summed E-state index contributed by atoms with van der Waals surface area (Å²) in [5.74, 6) is 1.19. The molecule has 2 aromatic carbocycles. The fourth-order valence-electron chi connectivity index (χ4n) is 2.32. The number of rotatable bonds is 8. The molecule has 0 aliphatic heterocycles. The SMILES string of the molecule is CCCOc1c(I)cc(/C=N\NC(=O)c2ccccc2C)cc1OCC. The number of amides is 1. The van der Waals surface area contributed by atoms with Crippen LogP contribution in [0.2, 0.25) is 0 Å². The zero-order valence-corrected chi connectivity index (χ0v) is 17.4. The molecule has 6 heteroatoms. The number of benzene rings is 2. The average molecular weight is 466 g/mol. The Bertz CT molecular complexity index is 791. The van der Waals surface area contributed by atoms with Crippen LogP contribution in [0, 0.1) is 10.5 Å². The number of nitrogens with one attached hydrogen (secondary N) is 1. The normalized spacial score (nSPS) is 10.8. The van der Waals surface area contributed by atoms with Crippen LogP contribution < -0.4 is 14.9 Å². The van der Waals surface area contributed by atoms with Crippen LogP contribution in [0.4, 0.5) is 0 Å². The van der Waals surface area contributed by atoms with Gasteiger partial charge in [-0.1, -0.05) is 25.1 Å². The predicted octanol–water partition coefficient (Wildman–Crippen LogP) is 4.55. The van der Waals surface area contributed by atoms with Gasteiger partial charge in [0.05, 0.1) is 23.0 Å². The third-order valence-electron chi connectivity index (χ3n) is 3.55. The Hall–Kier alpha value is -2.09. The largest absolute Gasteiger partial charge is 0.490 e. The second kappa shape index (κ2) is 10.2. The van der Waals surface area contributed by atoms with E-state index in [4.69, 9.17) is 9.47 Å². The number of hydrogen-bond acceptors (Lipinski definition) is 4. The smallest absolute Gasteiger partial charge is 0.271 e. The minimum atomic E-state index is -0.234. The number of hydrazone groups is 1. The molecule has 2 aromatic rings. The van der Waals surface area contributed by atoms with Crippen LogP contribution in [0.25, 0.3) is 0 Å². The summed E-state index contributed by atoms with van der Waals surface area (Å²) in [5, 5.41) is 4.07. The number of carbonyl (C=O) groups is 1. The molecule has 0 atom stereocenters. The van der Waals surface area contributed by atoms with Crippen molar-refractivity contribution >= 4 is 34.7 Å². The molecule has 0 saturated heterocycles. The Morgan fingerprint density at radius 3 is 2.69 bits per heavy atom. The monoisotopic (exact) mass is 466 g/mol. The van der Waals surface area contributed by atoms with E-state index in [2.05, 4.69) is 40.0 Å². The quantitative estimate of drug-likeness (QED) is 0.353. The summed E-state index contributed by atoms with van der Waals surface area (Å²) < 4.78 is 12.4. The van der Waals surface area contributed by atoms with Gasteiger partial charge in [-0.3, -0.25) is 4.79 Å². The van der Waals surface area contributed by atoms with Gasteiger partial charge in [0.25, 0.3) is 5.91 Å². The molecule has 26 heavy (non-hydrogen) atoms. The highest BCUT2D eigenvalue weighted by Gasteiger charge is 2.12. The van der Waals surface area contributed by atoms with Crippen LogP contribution in [0.1, 0.15) is 41.8 Å². The van der Waals surface area contributed by atoms with Crippen LogP contribution in [0.5, 0.6) is 11.5 Å². The molecule has 2 rings (SSSR count). The molecule has 5 nitrogen and oxygen atoms in total. The highest BCUT2D eigenvalue weighted by atomic mass is 127. The van der Waals surface area contributed by atoms with Crippen molar-refractivity contribution in [3.63, 3.8) is 0 Å². The minimum Gasteiger partial charge on any atom is -0.490 e. The number of ether oxygens (including phenoxy) is 2. The van der Waals surface area contributed by atoms with E-state index in [0.717, 1.165) is 26.9 Å². The van der Waals surface area contributed by atoms with Crippen LogP contribution >= 0.6 is 22.6 Å². The molecule has 1 N–H and O–H groups in total. The van der Waals surface area contributed by atoms with Gasteiger partial charge in [0.2, 0.25) is 0 Å². The van der Waals surface area contributed by atoms with Gasteiger partial charge >= 0.3 is 0 Å². The van der Waals surface area contributed by atoms with Gasteiger partial charge in [-0.25, -0.2) is 5.43 Å². The summed E-state index contributed by atoms with van der Waals surface area (Å²) in [6.07, 6.45) is 2.53. The molecule has 0 aliphatic carbocycles. The van der Waals surface area contributed by atoms with E-state index in [1.165, 1.54) is 0 Å². The van der Waals surface area contributed by atoms with Crippen LogP contribution in [-0.2, 0) is 0 Å². The lowest BCUT2D eigenvalue weighted by atomic mass is 10.1. The minimum absolute atomic E-state index is 0.234. The van der Waals surface area contributed by atoms with Crippen molar-refractivity contribution < 1.29 is 14.3 Å². The molecule has 0 aromatic heterocycles. The van der Waals surface area contributed by atoms with Crippen LogP contribution in [0.3, 0.4) is 0 Å². The van der Waals surface area contributed by atoms with Crippen molar-refractivity contribution in [2.45, 2.75) is 27.2 Å². The predicted molar refractivity (Wildman–Crippen MR) is 112 cm³/mol. The molecule has 0 aliphatic rings. The fourth-order valence-corrected chi connectivity index (χ4v) is 3.10. The van der Waals surface area contributed by atoms with Crippen molar-refractivity contribution in [3.8, 4) is 11.5 Å². The first-order valence-corrected chi connectivity index (χ1v) is 9.62. The zero-order valence-electron chi connectivity index (χ0n) is 15.2. The molecule has 1 amide bonds. The molecule has 0 radical (unpaired) electrons. The summed E-state index contributed by atoms with van der Waals surface area (Å²) in [5.41, 5.74) is 4.91. The van der Waals surface area contributed by atoms with Crippen molar-refractivity contribution in [1.29, 1.82) is 0 Å². The van der Waals surface area contributed by atoms with Gasteiger partial charge in [0.15, 0.2) is 11.5 Å².